The van der Waals surface area contributed by atoms with Gasteiger partial charge in [-0.15, -0.1) is 0 Å². The maximum Gasteiger partial charge on any atom is 0.330 e. The summed E-state index contributed by atoms with van der Waals surface area (Å²) in [6.45, 7) is 5.49. The number of ether oxygens (including phenoxy) is 1. The monoisotopic (exact) mass is 408 g/mol. The molecule has 6 heteroatoms. The fourth-order valence-electron chi connectivity index (χ4n) is 3.14. The molecule has 0 radical (unpaired) electrons. The van der Waals surface area contributed by atoms with E-state index in [9.17, 15) is 14.4 Å². The Hall–Kier alpha value is -3.15. The third-order valence-electron chi connectivity index (χ3n) is 5.10. The molecule has 0 saturated heterocycles. The van der Waals surface area contributed by atoms with Crippen LogP contribution in [0.1, 0.15) is 54.3 Å². The van der Waals surface area contributed by atoms with Gasteiger partial charge in [0.05, 0.1) is 0 Å². The summed E-state index contributed by atoms with van der Waals surface area (Å²) in [5.41, 5.74) is 1.91. The van der Waals surface area contributed by atoms with Crippen molar-refractivity contribution in [1.29, 1.82) is 0 Å². The highest BCUT2D eigenvalue weighted by atomic mass is 16.5. The summed E-state index contributed by atoms with van der Waals surface area (Å²) in [5.74, 6) is -1.53. The van der Waals surface area contributed by atoms with Crippen LogP contribution >= 0.6 is 0 Å². The average molecular weight is 408 g/mol. The molecule has 0 aromatic heterocycles. The standard InChI is InChI=1S/C24H28N2O4/c1-15(2)20(26-22(27)19-12-8-7-9-16(19)3)24(29)30-21(17-10-5-4-6-11-17)23(28)25-18-13-14-18/h4-12,15,18,20-21H,13-14H2,1-3H3,(H,25,28)(H,26,27)/t20-,21-/m0/s1. The molecule has 1 fully saturated rings. The van der Waals surface area contributed by atoms with E-state index < -0.39 is 18.1 Å². The van der Waals surface area contributed by atoms with Gasteiger partial charge in [0.1, 0.15) is 6.04 Å². The van der Waals surface area contributed by atoms with Crippen LogP contribution in [-0.2, 0) is 14.3 Å². The quantitative estimate of drug-likeness (QED) is 0.657. The van der Waals surface area contributed by atoms with Gasteiger partial charge >= 0.3 is 5.97 Å². The van der Waals surface area contributed by atoms with Gasteiger partial charge in [-0.1, -0.05) is 62.4 Å². The fraction of sp³-hybridized carbons (Fsp3) is 0.375. The highest BCUT2D eigenvalue weighted by molar-refractivity contribution is 5.98. The summed E-state index contributed by atoms with van der Waals surface area (Å²) in [5, 5.41) is 5.67. The summed E-state index contributed by atoms with van der Waals surface area (Å²) in [4.78, 5) is 38.5. The van der Waals surface area contributed by atoms with Gasteiger partial charge in [0.15, 0.2) is 0 Å². The second-order valence-corrected chi connectivity index (χ2v) is 8.02. The molecule has 0 heterocycles. The molecule has 0 spiro atoms. The largest absolute Gasteiger partial charge is 0.446 e. The topological polar surface area (TPSA) is 84.5 Å². The molecule has 2 atom stereocenters. The minimum absolute atomic E-state index is 0.143. The Bertz CT molecular complexity index is 906. The van der Waals surface area contributed by atoms with E-state index in [1.165, 1.54) is 0 Å². The number of rotatable bonds is 8. The molecule has 1 saturated carbocycles. The van der Waals surface area contributed by atoms with Crippen molar-refractivity contribution >= 4 is 17.8 Å². The Balaban J connectivity index is 1.76. The highest BCUT2D eigenvalue weighted by Gasteiger charge is 2.34. The van der Waals surface area contributed by atoms with Gasteiger partial charge in [0.25, 0.3) is 11.8 Å². The first-order chi connectivity index (χ1) is 14.4. The Morgan fingerprint density at radius 3 is 2.20 bits per heavy atom. The molecule has 0 unspecified atom stereocenters. The van der Waals surface area contributed by atoms with Gasteiger partial charge in [-0.25, -0.2) is 4.79 Å². The van der Waals surface area contributed by atoms with Crippen molar-refractivity contribution in [3.8, 4) is 0 Å². The molecule has 1 aliphatic rings. The number of carbonyl (C=O) groups excluding carboxylic acids is 3. The Labute approximate surface area is 177 Å². The zero-order valence-electron chi connectivity index (χ0n) is 17.6. The van der Waals surface area contributed by atoms with Gasteiger partial charge in [0, 0.05) is 17.2 Å². The van der Waals surface area contributed by atoms with Crippen molar-refractivity contribution in [3.05, 3.63) is 71.3 Å². The van der Waals surface area contributed by atoms with E-state index >= 15 is 0 Å². The second kappa shape index (κ2) is 9.57. The zero-order chi connectivity index (χ0) is 21.7. The Morgan fingerprint density at radius 2 is 1.60 bits per heavy atom. The highest BCUT2D eigenvalue weighted by Crippen LogP contribution is 2.24. The lowest BCUT2D eigenvalue weighted by Crippen LogP contribution is -2.47. The van der Waals surface area contributed by atoms with E-state index in [1.807, 2.05) is 39.0 Å². The van der Waals surface area contributed by atoms with Crippen molar-refractivity contribution < 1.29 is 19.1 Å². The molecular formula is C24H28N2O4. The summed E-state index contributed by atoms with van der Waals surface area (Å²) in [7, 11) is 0. The van der Waals surface area contributed by atoms with Crippen LogP contribution in [0.5, 0.6) is 0 Å². The molecule has 30 heavy (non-hydrogen) atoms. The minimum atomic E-state index is -1.06. The third kappa shape index (κ3) is 5.47. The molecule has 2 amide bonds. The maximum absolute atomic E-state index is 13.0. The normalized spacial score (nSPS) is 15.2. The molecule has 6 nitrogen and oxygen atoms in total. The Kier molecular flexibility index (Phi) is 6.87. The number of benzene rings is 2. The van der Waals surface area contributed by atoms with E-state index in [1.54, 1.807) is 36.4 Å². The average Bonchev–Trinajstić information content (AvgIpc) is 3.54. The minimum Gasteiger partial charge on any atom is -0.446 e. The predicted octanol–water partition coefficient (Wildman–Crippen LogP) is 3.31. The van der Waals surface area contributed by atoms with Crippen molar-refractivity contribution in [2.24, 2.45) is 5.92 Å². The first kappa shape index (κ1) is 21.6. The van der Waals surface area contributed by atoms with Crippen LogP contribution in [-0.4, -0.2) is 29.9 Å². The molecule has 0 bridgehead atoms. The predicted molar refractivity (Wildman–Crippen MR) is 114 cm³/mol. The van der Waals surface area contributed by atoms with Gasteiger partial charge in [0.2, 0.25) is 6.10 Å². The van der Waals surface area contributed by atoms with Crippen molar-refractivity contribution in [2.75, 3.05) is 0 Å². The van der Waals surface area contributed by atoms with Gasteiger partial charge in [-0.2, -0.15) is 0 Å². The van der Waals surface area contributed by atoms with Crippen LogP contribution in [0.3, 0.4) is 0 Å². The molecule has 3 rings (SSSR count). The Morgan fingerprint density at radius 1 is 0.967 bits per heavy atom. The van der Waals surface area contributed by atoms with Crippen LogP contribution in [0, 0.1) is 12.8 Å². The number of amides is 2. The first-order valence-electron chi connectivity index (χ1n) is 10.3. The van der Waals surface area contributed by atoms with Gasteiger partial charge in [-0.3, -0.25) is 9.59 Å². The first-order valence-corrected chi connectivity index (χ1v) is 10.3. The van der Waals surface area contributed by atoms with Crippen LogP contribution in [0.2, 0.25) is 0 Å². The number of carbonyl (C=O) groups is 3. The molecule has 158 valence electrons. The number of esters is 1. The second-order valence-electron chi connectivity index (χ2n) is 8.02. The zero-order valence-corrected chi connectivity index (χ0v) is 17.6. The lowest BCUT2D eigenvalue weighted by molar-refractivity contribution is -0.159. The molecule has 0 aliphatic heterocycles. The van der Waals surface area contributed by atoms with E-state index in [2.05, 4.69) is 10.6 Å². The molecule has 2 aromatic carbocycles. The number of hydrogen-bond donors (Lipinski definition) is 2. The van der Waals surface area contributed by atoms with E-state index in [4.69, 9.17) is 4.74 Å². The van der Waals surface area contributed by atoms with Crippen molar-refractivity contribution in [2.45, 2.75) is 51.8 Å². The SMILES string of the molecule is Cc1ccccc1C(=O)N[C@H](C(=O)O[C@H](C(=O)NC1CC1)c1ccccc1)C(C)C. The fourth-order valence-corrected chi connectivity index (χ4v) is 3.14. The maximum atomic E-state index is 13.0. The molecule has 2 N–H and O–H groups in total. The summed E-state index contributed by atoms with van der Waals surface area (Å²) >= 11 is 0. The van der Waals surface area contributed by atoms with Gasteiger partial charge < -0.3 is 15.4 Å². The number of nitrogens with one attached hydrogen (secondary N) is 2. The molecule has 1 aliphatic carbocycles. The van der Waals surface area contributed by atoms with Crippen molar-refractivity contribution in [3.63, 3.8) is 0 Å². The molecule has 2 aromatic rings. The van der Waals surface area contributed by atoms with Crippen LogP contribution in [0.25, 0.3) is 0 Å². The molecular weight excluding hydrogens is 380 g/mol. The number of hydrogen-bond acceptors (Lipinski definition) is 4. The lowest BCUT2D eigenvalue weighted by atomic mass is 10.0. The van der Waals surface area contributed by atoms with Crippen LogP contribution in [0.15, 0.2) is 54.6 Å². The summed E-state index contributed by atoms with van der Waals surface area (Å²) in [6.07, 6.45) is 0.806. The third-order valence-corrected chi connectivity index (χ3v) is 5.10. The van der Waals surface area contributed by atoms with E-state index in [-0.39, 0.29) is 23.8 Å². The summed E-state index contributed by atoms with van der Waals surface area (Å²) < 4.78 is 5.65. The lowest BCUT2D eigenvalue weighted by Gasteiger charge is -2.25. The summed E-state index contributed by atoms with van der Waals surface area (Å²) in [6, 6.07) is 15.4. The number of aryl methyl sites for hydroxylation is 1. The van der Waals surface area contributed by atoms with Crippen LogP contribution < -0.4 is 10.6 Å². The van der Waals surface area contributed by atoms with E-state index in [0.717, 1.165) is 18.4 Å². The van der Waals surface area contributed by atoms with E-state index in [0.29, 0.717) is 11.1 Å². The van der Waals surface area contributed by atoms with Crippen molar-refractivity contribution in [1.82, 2.24) is 10.6 Å². The van der Waals surface area contributed by atoms with Gasteiger partial charge in [-0.05, 0) is 37.3 Å². The smallest absolute Gasteiger partial charge is 0.330 e. The van der Waals surface area contributed by atoms with Crippen LogP contribution in [0.4, 0.5) is 0 Å².